The second kappa shape index (κ2) is 9.11. The second-order valence-corrected chi connectivity index (χ2v) is 12.1. The third-order valence-corrected chi connectivity index (χ3v) is 9.94. The molecule has 1 unspecified atom stereocenters. The molecule has 1 aromatic carbocycles. The molecular formula is C22H27N3O6S2. The summed E-state index contributed by atoms with van der Waals surface area (Å²) in [5.41, 5.74) is -0.281. The molecule has 11 heteroatoms. The lowest BCUT2D eigenvalue weighted by atomic mass is 9.99. The molecule has 2 heterocycles. The molecular weight excluding hydrogens is 466 g/mol. The number of Topliss-reactive ketones (excluding diaryl/α,β-unsaturated/α-hetero) is 1. The van der Waals surface area contributed by atoms with Gasteiger partial charge in [-0.3, -0.25) is 14.4 Å². The lowest BCUT2D eigenvalue weighted by molar-refractivity contribution is -0.113. The standard InChI is InChI=1S/C22H27N3O6S2/c1-4-14(16-9-13(10-31-16)12-7-5-6-8-12)23-17-18(21(28)20(17)27)24-15-11-32-22(19(15)26)33(29,30)25(2)3/h9-12,14,22-24H,4-8H2,1-3H3/t14-,22?/m1/s1. The molecule has 1 aliphatic heterocycles. The van der Waals surface area contributed by atoms with E-state index < -0.39 is 31.2 Å². The van der Waals surface area contributed by atoms with Gasteiger partial charge in [-0.15, -0.1) is 11.8 Å². The molecule has 0 amide bonds. The summed E-state index contributed by atoms with van der Waals surface area (Å²) in [6.07, 6.45) is 7.08. The van der Waals surface area contributed by atoms with E-state index in [0.717, 1.165) is 34.5 Å². The number of carbonyl (C=O) groups is 1. The van der Waals surface area contributed by atoms with Crippen LogP contribution in [0.2, 0.25) is 0 Å². The summed E-state index contributed by atoms with van der Waals surface area (Å²) < 4.78 is 30.1. The highest BCUT2D eigenvalue weighted by Crippen LogP contribution is 2.37. The average Bonchev–Trinajstić information content (AvgIpc) is 3.54. The molecule has 0 saturated heterocycles. The summed E-state index contributed by atoms with van der Waals surface area (Å²) in [6.45, 7) is 1.93. The Balaban J connectivity index is 1.50. The van der Waals surface area contributed by atoms with Crippen molar-refractivity contribution in [1.82, 2.24) is 4.31 Å². The van der Waals surface area contributed by atoms with Crippen molar-refractivity contribution in [1.29, 1.82) is 0 Å². The number of carbonyl (C=O) groups excluding carboxylic acids is 1. The van der Waals surface area contributed by atoms with Crippen molar-refractivity contribution in [3.05, 3.63) is 55.2 Å². The third kappa shape index (κ3) is 4.29. The maximum absolute atomic E-state index is 12.6. The molecule has 1 aliphatic carbocycles. The van der Waals surface area contributed by atoms with Crippen LogP contribution in [0.4, 0.5) is 11.4 Å². The van der Waals surface area contributed by atoms with Crippen LogP contribution >= 0.6 is 11.8 Å². The van der Waals surface area contributed by atoms with Gasteiger partial charge in [0.2, 0.25) is 15.8 Å². The maximum Gasteiger partial charge on any atom is 0.253 e. The van der Waals surface area contributed by atoms with Gasteiger partial charge in [0.25, 0.3) is 10.9 Å². The van der Waals surface area contributed by atoms with Crippen LogP contribution in [0.25, 0.3) is 0 Å². The number of hydrogen-bond acceptors (Lipinski definition) is 9. The van der Waals surface area contributed by atoms with Crippen LogP contribution in [-0.2, 0) is 14.8 Å². The molecule has 2 N–H and O–H groups in total. The smallest absolute Gasteiger partial charge is 0.253 e. The summed E-state index contributed by atoms with van der Waals surface area (Å²) in [5.74, 6) is 0.516. The van der Waals surface area contributed by atoms with Gasteiger partial charge in [0.05, 0.1) is 18.0 Å². The van der Waals surface area contributed by atoms with Crippen LogP contribution in [-0.4, -0.2) is 37.2 Å². The monoisotopic (exact) mass is 493 g/mol. The van der Waals surface area contributed by atoms with E-state index in [9.17, 15) is 22.8 Å². The van der Waals surface area contributed by atoms with Gasteiger partial charge in [0, 0.05) is 14.1 Å². The summed E-state index contributed by atoms with van der Waals surface area (Å²) in [5, 5.41) is 7.14. The van der Waals surface area contributed by atoms with Crippen molar-refractivity contribution in [2.24, 2.45) is 0 Å². The third-order valence-electron chi connectivity index (χ3n) is 6.28. The summed E-state index contributed by atoms with van der Waals surface area (Å²) in [6, 6.07) is 1.68. The van der Waals surface area contributed by atoms with Crippen LogP contribution in [0.5, 0.6) is 0 Å². The highest BCUT2D eigenvalue weighted by atomic mass is 32.3. The summed E-state index contributed by atoms with van der Waals surface area (Å²) in [4.78, 5) is 37.2. The van der Waals surface area contributed by atoms with Gasteiger partial charge >= 0.3 is 0 Å². The van der Waals surface area contributed by atoms with Crippen LogP contribution in [0, 0.1) is 0 Å². The van der Waals surface area contributed by atoms with E-state index in [2.05, 4.69) is 10.6 Å². The fraction of sp³-hybridized carbons (Fsp3) is 0.500. The Morgan fingerprint density at radius 1 is 1.15 bits per heavy atom. The zero-order chi connectivity index (χ0) is 23.9. The predicted molar refractivity (Wildman–Crippen MR) is 129 cm³/mol. The van der Waals surface area contributed by atoms with Crippen molar-refractivity contribution < 1.29 is 17.6 Å². The van der Waals surface area contributed by atoms with Crippen LogP contribution < -0.4 is 21.5 Å². The van der Waals surface area contributed by atoms with E-state index in [4.69, 9.17) is 4.42 Å². The Bertz CT molecular complexity index is 1260. The molecule has 1 aromatic heterocycles. The van der Waals surface area contributed by atoms with Crippen LogP contribution in [0.1, 0.15) is 62.3 Å². The molecule has 0 bridgehead atoms. The molecule has 2 aliphatic rings. The molecule has 33 heavy (non-hydrogen) atoms. The first-order valence-corrected chi connectivity index (χ1v) is 13.4. The predicted octanol–water partition coefficient (Wildman–Crippen LogP) is 2.88. The number of allylic oxidation sites excluding steroid dienone is 1. The molecule has 0 spiro atoms. The largest absolute Gasteiger partial charge is 0.467 e. The maximum atomic E-state index is 12.6. The molecule has 2 aromatic rings. The van der Waals surface area contributed by atoms with E-state index in [1.807, 2.05) is 13.0 Å². The minimum absolute atomic E-state index is 0.0276. The number of nitrogens with one attached hydrogen (secondary N) is 2. The minimum atomic E-state index is -3.83. The SMILES string of the molecule is CC[C@@H](Nc1c(NC2=CSC(S(=O)(=O)N(C)C)C2=O)c(=O)c1=O)c1cc(C2CCCC2)co1. The van der Waals surface area contributed by atoms with Crippen molar-refractivity contribution in [3.63, 3.8) is 0 Å². The van der Waals surface area contributed by atoms with Gasteiger partial charge in [0.15, 0.2) is 4.58 Å². The van der Waals surface area contributed by atoms with E-state index in [0.29, 0.717) is 18.1 Å². The van der Waals surface area contributed by atoms with Crippen molar-refractivity contribution in [3.8, 4) is 0 Å². The molecule has 0 radical (unpaired) electrons. The lowest BCUT2D eigenvalue weighted by Crippen LogP contribution is -2.40. The summed E-state index contributed by atoms with van der Waals surface area (Å²) >= 11 is 0.846. The van der Waals surface area contributed by atoms with E-state index in [1.165, 1.54) is 32.3 Å². The number of ketones is 1. The highest BCUT2D eigenvalue weighted by Gasteiger charge is 2.41. The first-order valence-electron chi connectivity index (χ1n) is 10.9. The quantitative estimate of drug-likeness (QED) is 0.507. The number of hydrogen-bond donors (Lipinski definition) is 2. The first kappa shape index (κ1) is 23.8. The van der Waals surface area contributed by atoms with E-state index in [-0.39, 0.29) is 23.1 Å². The second-order valence-electron chi connectivity index (χ2n) is 8.59. The summed E-state index contributed by atoms with van der Waals surface area (Å²) in [7, 11) is -1.12. The van der Waals surface area contributed by atoms with Crippen LogP contribution in [0.3, 0.4) is 0 Å². The van der Waals surface area contributed by atoms with Gasteiger partial charge in [-0.05, 0) is 42.2 Å². The normalized spacial score (nSPS) is 20.5. The Kier molecular flexibility index (Phi) is 6.56. The molecule has 178 valence electrons. The Labute approximate surface area is 196 Å². The van der Waals surface area contributed by atoms with Crippen molar-refractivity contribution in [2.75, 3.05) is 24.7 Å². The number of anilines is 2. The number of sulfonamides is 1. The molecule has 9 nitrogen and oxygen atoms in total. The zero-order valence-corrected chi connectivity index (χ0v) is 20.3. The number of nitrogens with zero attached hydrogens (tertiary/aromatic N) is 1. The Hall–Kier alpha value is -2.37. The van der Waals surface area contributed by atoms with E-state index in [1.54, 1.807) is 6.26 Å². The van der Waals surface area contributed by atoms with Crippen molar-refractivity contribution >= 4 is 38.9 Å². The number of rotatable bonds is 9. The molecule has 2 atom stereocenters. The topological polar surface area (TPSA) is 126 Å². The Morgan fingerprint density at radius 3 is 2.45 bits per heavy atom. The van der Waals surface area contributed by atoms with Gasteiger partial charge in [0.1, 0.15) is 17.1 Å². The number of furan rings is 1. The van der Waals surface area contributed by atoms with Gasteiger partial charge in [-0.2, -0.15) is 0 Å². The van der Waals surface area contributed by atoms with Gasteiger partial charge < -0.3 is 15.1 Å². The minimum Gasteiger partial charge on any atom is -0.467 e. The molecule has 4 rings (SSSR count). The fourth-order valence-corrected chi connectivity index (χ4v) is 6.93. The van der Waals surface area contributed by atoms with Gasteiger partial charge in [-0.25, -0.2) is 12.7 Å². The fourth-order valence-electron chi connectivity index (χ4n) is 4.22. The number of thioether (sulfide) groups is 1. The lowest BCUT2D eigenvalue weighted by Gasteiger charge is -2.20. The highest BCUT2D eigenvalue weighted by molar-refractivity contribution is 8.16. The first-order chi connectivity index (χ1) is 15.6. The zero-order valence-electron chi connectivity index (χ0n) is 18.7. The Morgan fingerprint density at radius 2 is 1.82 bits per heavy atom. The molecule has 1 fully saturated rings. The van der Waals surface area contributed by atoms with Crippen molar-refractivity contribution in [2.45, 2.75) is 55.6 Å². The van der Waals surface area contributed by atoms with Crippen LogP contribution in [0.15, 0.2) is 37.4 Å². The average molecular weight is 494 g/mol. The van der Waals surface area contributed by atoms with E-state index >= 15 is 0 Å². The van der Waals surface area contributed by atoms with Gasteiger partial charge in [-0.1, -0.05) is 19.8 Å². The molecule has 1 saturated carbocycles.